The zero-order valence-corrected chi connectivity index (χ0v) is 12.6. The molecule has 2 N–H and O–H groups in total. The van der Waals surface area contributed by atoms with Crippen LogP contribution >= 0.6 is 11.6 Å². The molecule has 0 saturated heterocycles. The number of hydrogen-bond donors (Lipinski definition) is 1. The van der Waals surface area contributed by atoms with E-state index >= 15 is 0 Å². The lowest BCUT2D eigenvalue weighted by molar-refractivity contribution is -0.0448. The van der Waals surface area contributed by atoms with Crippen LogP contribution in [0.4, 0.5) is 0 Å². The highest BCUT2D eigenvalue weighted by molar-refractivity contribution is 6.30. The highest BCUT2D eigenvalue weighted by Crippen LogP contribution is 2.33. The van der Waals surface area contributed by atoms with Crippen molar-refractivity contribution in [2.75, 3.05) is 6.54 Å². The van der Waals surface area contributed by atoms with Gasteiger partial charge in [0.15, 0.2) is 0 Å². The number of hydrogen-bond acceptors (Lipinski definition) is 2. The Morgan fingerprint density at radius 1 is 1.32 bits per heavy atom. The standard InChI is InChI=1S/C16H24ClNO/c1-11-6-7-15(8-12(11)2)19-16(10-18)13-4-3-5-14(17)9-13/h3-5,9,11-12,15-16H,6-8,10,18H2,1-2H3. The van der Waals surface area contributed by atoms with Crippen molar-refractivity contribution in [1.82, 2.24) is 0 Å². The first-order valence-electron chi connectivity index (χ1n) is 7.21. The van der Waals surface area contributed by atoms with Crippen molar-refractivity contribution >= 4 is 11.6 Å². The summed E-state index contributed by atoms with van der Waals surface area (Å²) < 4.78 is 6.22. The van der Waals surface area contributed by atoms with Gasteiger partial charge in [0.25, 0.3) is 0 Å². The summed E-state index contributed by atoms with van der Waals surface area (Å²) >= 11 is 6.03. The van der Waals surface area contributed by atoms with Crippen molar-refractivity contribution in [3.63, 3.8) is 0 Å². The molecule has 19 heavy (non-hydrogen) atoms. The van der Waals surface area contributed by atoms with Crippen molar-refractivity contribution in [3.05, 3.63) is 34.9 Å². The summed E-state index contributed by atoms with van der Waals surface area (Å²) in [5.41, 5.74) is 6.95. The van der Waals surface area contributed by atoms with Gasteiger partial charge in [-0.25, -0.2) is 0 Å². The van der Waals surface area contributed by atoms with E-state index in [1.54, 1.807) is 0 Å². The molecular formula is C16H24ClNO. The molecule has 1 aliphatic carbocycles. The monoisotopic (exact) mass is 281 g/mol. The van der Waals surface area contributed by atoms with E-state index in [9.17, 15) is 0 Å². The molecule has 4 atom stereocenters. The van der Waals surface area contributed by atoms with E-state index in [4.69, 9.17) is 22.1 Å². The molecule has 0 radical (unpaired) electrons. The van der Waals surface area contributed by atoms with Gasteiger partial charge in [-0.3, -0.25) is 0 Å². The highest BCUT2D eigenvalue weighted by atomic mass is 35.5. The van der Waals surface area contributed by atoms with Gasteiger partial charge in [-0.05, 0) is 48.8 Å². The average Bonchev–Trinajstić information content (AvgIpc) is 2.40. The average molecular weight is 282 g/mol. The smallest absolute Gasteiger partial charge is 0.0951 e. The van der Waals surface area contributed by atoms with Crippen LogP contribution in [0.15, 0.2) is 24.3 Å². The summed E-state index contributed by atoms with van der Waals surface area (Å²) in [5.74, 6) is 1.54. The second-order valence-electron chi connectivity index (χ2n) is 5.81. The molecule has 0 heterocycles. The number of rotatable bonds is 4. The predicted octanol–water partition coefficient (Wildman–Crippen LogP) is 4.18. The topological polar surface area (TPSA) is 35.2 Å². The summed E-state index contributed by atoms with van der Waals surface area (Å²) in [6.45, 7) is 5.15. The van der Waals surface area contributed by atoms with Crippen LogP contribution < -0.4 is 5.73 Å². The Kier molecular flexibility index (Phi) is 5.26. The van der Waals surface area contributed by atoms with E-state index in [-0.39, 0.29) is 6.10 Å². The highest BCUT2D eigenvalue weighted by Gasteiger charge is 2.27. The van der Waals surface area contributed by atoms with Gasteiger partial charge in [0.05, 0.1) is 12.2 Å². The fourth-order valence-corrected chi connectivity index (χ4v) is 3.03. The van der Waals surface area contributed by atoms with Crippen LogP contribution in [-0.2, 0) is 4.74 Å². The van der Waals surface area contributed by atoms with Gasteiger partial charge in [0.2, 0.25) is 0 Å². The third-order valence-electron chi connectivity index (χ3n) is 4.34. The van der Waals surface area contributed by atoms with Gasteiger partial charge >= 0.3 is 0 Å². The molecule has 3 heteroatoms. The Bertz CT molecular complexity index is 409. The zero-order valence-electron chi connectivity index (χ0n) is 11.8. The van der Waals surface area contributed by atoms with Crippen molar-refractivity contribution in [1.29, 1.82) is 0 Å². The third kappa shape index (κ3) is 3.95. The molecule has 0 aromatic heterocycles. The van der Waals surface area contributed by atoms with Crippen LogP contribution in [0, 0.1) is 11.8 Å². The van der Waals surface area contributed by atoms with Crippen molar-refractivity contribution in [2.45, 2.75) is 45.3 Å². The van der Waals surface area contributed by atoms with E-state index in [1.165, 1.54) is 6.42 Å². The fraction of sp³-hybridized carbons (Fsp3) is 0.625. The van der Waals surface area contributed by atoms with Crippen LogP contribution in [0.1, 0.15) is 44.8 Å². The predicted molar refractivity (Wildman–Crippen MR) is 80.3 cm³/mol. The van der Waals surface area contributed by atoms with E-state index in [2.05, 4.69) is 13.8 Å². The van der Waals surface area contributed by atoms with Crippen molar-refractivity contribution in [3.8, 4) is 0 Å². The second-order valence-corrected chi connectivity index (χ2v) is 6.24. The molecule has 1 saturated carbocycles. The quantitative estimate of drug-likeness (QED) is 0.898. The Balaban J connectivity index is 1.99. The minimum absolute atomic E-state index is 0.0377. The lowest BCUT2D eigenvalue weighted by Gasteiger charge is -2.34. The van der Waals surface area contributed by atoms with Gasteiger partial charge in [-0.1, -0.05) is 37.6 Å². The third-order valence-corrected chi connectivity index (χ3v) is 4.58. The molecule has 1 aliphatic rings. The number of benzene rings is 1. The minimum Gasteiger partial charge on any atom is -0.369 e. The molecule has 106 valence electrons. The maximum absolute atomic E-state index is 6.22. The Labute approximate surface area is 121 Å². The van der Waals surface area contributed by atoms with Gasteiger partial charge in [0.1, 0.15) is 0 Å². The zero-order chi connectivity index (χ0) is 13.8. The molecule has 2 nitrogen and oxygen atoms in total. The first-order valence-corrected chi connectivity index (χ1v) is 7.59. The maximum Gasteiger partial charge on any atom is 0.0951 e. The molecule has 1 aromatic rings. The molecule has 4 unspecified atom stereocenters. The Morgan fingerprint density at radius 3 is 2.74 bits per heavy atom. The van der Waals surface area contributed by atoms with Crippen LogP contribution in [-0.4, -0.2) is 12.6 Å². The maximum atomic E-state index is 6.22. The number of ether oxygens (including phenoxy) is 1. The molecule has 0 bridgehead atoms. The number of nitrogens with two attached hydrogens (primary N) is 1. The Morgan fingerprint density at radius 2 is 2.11 bits per heavy atom. The summed E-state index contributed by atoms with van der Waals surface area (Å²) in [7, 11) is 0. The van der Waals surface area contributed by atoms with Crippen LogP contribution in [0.2, 0.25) is 5.02 Å². The van der Waals surface area contributed by atoms with Crippen LogP contribution in [0.5, 0.6) is 0 Å². The van der Waals surface area contributed by atoms with Crippen LogP contribution in [0.3, 0.4) is 0 Å². The molecule has 1 fully saturated rings. The van der Waals surface area contributed by atoms with Crippen molar-refractivity contribution < 1.29 is 4.74 Å². The molecule has 0 spiro atoms. The van der Waals surface area contributed by atoms with E-state index < -0.39 is 0 Å². The van der Waals surface area contributed by atoms with Gasteiger partial charge in [-0.2, -0.15) is 0 Å². The van der Waals surface area contributed by atoms with E-state index in [0.29, 0.717) is 12.6 Å². The van der Waals surface area contributed by atoms with E-state index in [1.807, 2.05) is 24.3 Å². The normalized spacial score (nSPS) is 29.2. The lowest BCUT2D eigenvalue weighted by atomic mass is 9.80. The molecule has 0 amide bonds. The number of halogens is 1. The molecular weight excluding hydrogens is 258 g/mol. The Hall–Kier alpha value is -0.570. The molecule has 0 aliphatic heterocycles. The van der Waals surface area contributed by atoms with E-state index in [0.717, 1.165) is 35.3 Å². The first-order chi connectivity index (χ1) is 9.10. The fourth-order valence-electron chi connectivity index (χ4n) is 2.83. The van der Waals surface area contributed by atoms with Crippen molar-refractivity contribution in [2.24, 2.45) is 17.6 Å². The van der Waals surface area contributed by atoms with Crippen LogP contribution in [0.25, 0.3) is 0 Å². The molecule has 2 rings (SSSR count). The van der Waals surface area contributed by atoms with Gasteiger partial charge < -0.3 is 10.5 Å². The second kappa shape index (κ2) is 6.74. The minimum atomic E-state index is -0.0377. The lowest BCUT2D eigenvalue weighted by Crippen LogP contribution is -2.30. The summed E-state index contributed by atoms with van der Waals surface area (Å²) in [6, 6.07) is 7.82. The van der Waals surface area contributed by atoms with Gasteiger partial charge in [0, 0.05) is 11.6 Å². The largest absolute Gasteiger partial charge is 0.369 e. The van der Waals surface area contributed by atoms with Gasteiger partial charge in [-0.15, -0.1) is 0 Å². The summed E-state index contributed by atoms with van der Waals surface area (Å²) in [4.78, 5) is 0. The summed E-state index contributed by atoms with van der Waals surface area (Å²) in [6.07, 6.45) is 3.82. The summed E-state index contributed by atoms with van der Waals surface area (Å²) in [5, 5.41) is 0.741. The first kappa shape index (κ1) is 14.8. The SMILES string of the molecule is CC1CCC(OC(CN)c2cccc(Cl)c2)CC1C. The molecule has 1 aromatic carbocycles.